The Balaban J connectivity index is 1.54. The Kier molecular flexibility index (Phi) is 6.78. The second-order valence-corrected chi connectivity index (χ2v) is 11.5. The fraction of sp³-hybridized carbons (Fsp3) is 0.103. The van der Waals surface area contributed by atoms with E-state index in [9.17, 15) is 5.11 Å². The molecule has 0 saturated carbocycles. The number of aromatic nitrogens is 4. The van der Waals surface area contributed by atoms with Crippen molar-refractivity contribution in [1.29, 1.82) is 0 Å². The second-order valence-electron chi connectivity index (χ2n) is 11.5. The van der Waals surface area contributed by atoms with Gasteiger partial charge in [-0.1, -0.05) is 53.6 Å². The summed E-state index contributed by atoms with van der Waals surface area (Å²) in [5.74, 6) is 0.843. The van der Waals surface area contributed by atoms with Crippen molar-refractivity contribution in [2.75, 3.05) is 0 Å². The molecule has 0 fully saturated rings. The van der Waals surface area contributed by atoms with Crippen LogP contribution in [0.1, 0.15) is 22.3 Å². The molecule has 0 spiro atoms. The number of hydrogen-bond acceptors (Lipinski definition) is 4. The Bertz CT molecular complexity index is 2140. The predicted octanol–water partition coefficient (Wildman–Crippen LogP) is 9.42. The van der Waals surface area contributed by atoms with Crippen LogP contribution in [0.4, 0.5) is 0 Å². The standard InChI is InChI=1S/C39H32N4O/c1-24-13-14-36(44)32(18-24)39-42-38-33(22-40-23-35(38)43(39)31-10-6-5-7-11-31)28-19-29(34-12-8-9-15-41-34)21-30(20-28)37-26(3)16-25(2)17-27(37)4/h5-23,44H,1-4H3. The van der Waals surface area contributed by atoms with Crippen LogP contribution in [0.25, 0.3) is 61.6 Å². The van der Waals surface area contributed by atoms with Gasteiger partial charge in [-0.25, -0.2) is 4.98 Å². The van der Waals surface area contributed by atoms with Crippen molar-refractivity contribution in [2.24, 2.45) is 0 Å². The maximum Gasteiger partial charge on any atom is 0.149 e. The van der Waals surface area contributed by atoms with E-state index in [1.165, 1.54) is 22.3 Å². The molecule has 4 aromatic carbocycles. The molecule has 0 bridgehead atoms. The molecule has 0 aliphatic heterocycles. The summed E-state index contributed by atoms with van der Waals surface area (Å²) in [4.78, 5) is 14.7. The van der Waals surface area contributed by atoms with Crippen LogP contribution in [0.15, 0.2) is 116 Å². The van der Waals surface area contributed by atoms with E-state index in [0.717, 1.165) is 50.2 Å². The predicted molar refractivity (Wildman–Crippen MR) is 179 cm³/mol. The van der Waals surface area contributed by atoms with Gasteiger partial charge in [-0.05, 0) is 110 Å². The molecule has 0 amide bonds. The number of para-hydroxylation sites is 1. The number of pyridine rings is 2. The van der Waals surface area contributed by atoms with E-state index in [2.05, 4.69) is 55.7 Å². The van der Waals surface area contributed by atoms with Gasteiger partial charge in [-0.3, -0.25) is 14.5 Å². The molecule has 0 radical (unpaired) electrons. The quantitative estimate of drug-likeness (QED) is 0.223. The Labute approximate surface area is 257 Å². The lowest BCUT2D eigenvalue weighted by Gasteiger charge is -2.15. The molecule has 0 atom stereocenters. The Morgan fingerprint density at radius 2 is 1.36 bits per heavy atom. The van der Waals surface area contributed by atoms with Crippen LogP contribution in [0.3, 0.4) is 0 Å². The van der Waals surface area contributed by atoms with Crippen molar-refractivity contribution in [3.63, 3.8) is 0 Å². The zero-order chi connectivity index (χ0) is 30.4. The number of hydrogen-bond donors (Lipinski definition) is 1. The number of nitrogens with zero attached hydrogens (tertiary/aromatic N) is 4. The smallest absolute Gasteiger partial charge is 0.149 e. The maximum atomic E-state index is 11.0. The lowest BCUT2D eigenvalue weighted by atomic mass is 9.90. The van der Waals surface area contributed by atoms with Crippen LogP contribution >= 0.6 is 0 Å². The first-order chi connectivity index (χ1) is 21.4. The number of fused-ring (bicyclic) bond motifs is 1. The van der Waals surface area contributed by atoms with E-state index in [0.29, 0.717) is 11.4 Å². The summed E-state index contributed by atoms with van der Waals surface area (Å²) >= 11 is 0. The Morgan fingerprint density at radius 3 is 2.11 bits per heavy atom. The average molecular weight is 573 g/mol. The topological polar surface area (TPSA) is 63.8 Å². The average Bonchev–Trinajstić information content (AvgIpc) is 3.42. The molecule has 0 unspecified atom stereocenters. The van der Waals surface area contributed by atoms with Gasteiger partial charge in [0.05, 0.1) is 23.0 Å². The molecule has 214 valence electrons. The minimum atomic E-state index is 0.183. The van der Waals surface area contributed by atoms with Crippen LogP contribution in [-0.2, 0) is 0 Å². The van der Waals surface area contributed by atoms with Gasteiger partial charge >= 0.3 is 0 Å². The first kappa shape index (κ1) is 27.3. The SMILES string of the molecule is Cc1cc(C)c(-c2cc(-c3ccccn3)cc(-c3cncc4c3nc(-c3cc(C)ccc3O)n4-c3ccccc3)c2)c(C)c1. The molecule has 5 nitrogen and oxygen atoms in total. The van der Waals surface area contributed by atoms with Crippen molar-refractivity contribution >= 4 is 11.0 Å². The Morgan fingerprint density at radius 1 is 0.636 bits per heavy atom. The van der Waals surface area contributed by atoms with E-state index >= 15 is 0 Å². The summed E-state index contributed by atoms with van der Waals surface area (Å²) in [6.07, 6.45) is 5.57. The van der Waals surface area contributed by atoms with Gasteiger partial charge in [0.15, 0.2) is 0 Å². The summed E-state index contributed by atoms with van der Waals surface area (Å²) < 4.78 is 2.08. The van der Waals surface area contributed by atoms with E-state index in [4.69, 9.17) is 15.0 Å². The zero-order valence-corrected chi connectivity index (χ0v) is 25.2. The van der Waals surface area contributed by atoms with E-state index in [1.807, 2.05) is 86.2 Å². The summed E-state index contributed by atoms with van der Waals surface area (Å²) in [7, 11) is 0. The van der Waals surface area contributed by atoms with E-state index in [-0.39, 0.29) is 5.75 Å². The third-order valence-corrected chi connectivity index (χ3v) is 8.15. The van der Waals surface area contributed by atoms with Gasteiger partial charge in [-0.15, -0.1) is 0 Å². The first-order valence-electron chi connectivity index (χ1n) is 14.7. The number of rotatable bonds is 5. The molecular weight excluding hydrogens is 540 g/mol. The van der Waals surface area contributed by atoms with Crippen molar-refractivity contribution in [3.8, 4) is 56.3 Å². The van der Waals surface area contributed by atoms with Crippen LogP contribution < -0.4 is 0 Å². The minimum absolute atomic E-state index is 0.183. The lowest BCUT2D eigenvalue weighted by Crippen LogP contribution is -1.98. The molecule has 0 saturated heterocycles. The van der Waals surface area contributed by atoms with Crippen molar-refractivity contribution in [1.82, 2.24) is 19.5 Å². The highest BCUT2D eigenvalue weighted by molar-refractivity contribution is 5.97. The number of aromatic hydroxyl groups is 1. The summed E-state index contributed by atoms with van der Waals surface area (Å²) in [5.41, 5.74) is 14.2. The monoisotopic (exact) mass is 572 g/mol. The van der Waals surface area contributed by atoms with Gasteiger partial charge in [0.25, 0.3) is 0 Å². The van der Waals surface area contributed by atoms with Crippen molar-refractivity contribution < 1.29 is 5.11 Å². The fourth-order valence-corrected chi connectivity index (χ4v) is 6.30. The van der Waals surface area contributed by atoms with Crippen LogP contribution in [0.2, 0.25) is 0 Å². The summed E-state index contributed by atoms with van der Waals surface area (Å²) in [6.45, 7) is 8.50. The van der Waals surface area contributed by atoms with Crippen LogP contribution in [0, 0.1) is 27.7 Å². The normalized spacial score (nSPS) is 11.3. The lowest BCUT2D eigenvalue weighted by molar-refractivity contribution is 0.476. The number of benzene rings is 4. The molecule has 44 heavy (non-hydrogen) atoms. The van der Waals surface area contributed by atoms with Crippen molar-refractivity contribution in [2.45, 2.75) is 27.7 Å². The highest BCUT2D eigenvalue weighted by atomic mass is 16.3. The number of imidazole rings is 1. The second kappa shape index (κ2) is 10.9. The van der Waals surface area contributed by atoms with Crippen molar-refractivity contribution in [3.05, 3.63) is 138 Å². The highest BCUT2D eigenvalue weighted by Crippen LogP contribution is 2.40. The highest BCUT2D eigenvalue weighted by Gasteiger charge is 2.21. The molecule has 0 aliphatic rings. The fourth-order valence-electron chi connectivity index (χ4n) is 6.30. The summed E-state index contributed by atoms with van der Waals surface area (Å²) in [6, 6.07) is 32.8. The minimum Gasteiger partial charge on any atom is -0.507 e. The molecule has 0 aliphatic carbocycles. The molecule has 1 N–H and O–H groups in total. The van der Waals surface area contributed by atoms with Crippen LogP contribution in [-0.4, -0.2) is 24.6 Å². The van der Waals surface area contributed by atoms with Gasteiger partial charge in [0.1, 0.15) is 17.1 Å². The molecule has 7 rings (SSSR count). The molecular formula is C39H32N4O. The van der Waals surface area contributed by atoms with Gasteiger partial charge in [0.2, 0.25) is 0 Å². The molecule has 7 aromatic rings. The van der Waals surface area contributed by atoms with E-state index < -0.39 is 0 Å². The van der Waals surface area contributed by atoms with E-state index in [1.54, 1.807) is 6.07 Å². The van der Waals surface area contributed by atoms with Gasteiger partial charge in [-0.2, -0.15) is 0 Å². The molecule has 3 aromatic heterocycles. The number of phenolic OH excluding ortho intramolecular Hbond substituents is 1. The third kappa shape index (κ3) is 4.82. The third-order valence-electron chi connectivity index (χ3n) is 8.15. The zero-order valence-electron chi connectivity index (χ0n) is 25.2. The largest absolute Gasteiger partial charge is 0.507 e. The Hall–Kier alpha value is -5.55. The number of aryl methyl sites for hydroxylation is 4. The first-order valence-corrected chi connectivity index (χ1v) is 14.7. The molecule has 5 heteroatoms. The summed E-state index contributed by atoms with van der Waals surface area (Å²) in [5, 5.41) is 11.0. The van der Waals surface area contributed by atoms with Gasteiger partial charge < -0.3 is 5.11 Å². The van der Waals surface area contributed by atoms with Crippen LogP contribution in [0.5, 0.6) is 5.75 Å². The number of phenols is 1. The molecule has 3 heterocycles. The maximum absolute atomic E-state index is 11.0. The van der Waals surface area contributed by atoms with Gasteiger partial charge in [0, 0.05) is 29.2 Å².